The number of carbonyl (C=O) groups excluding carboxylic acids is 1. The van der Waals surface area contributed by atoms with Crippen molar-refractivity contribution in [1.82, 2.24) is 0 Å². The van der Waals surface area contributed by atoms with Crippen molar-refractivity contribution in [2.45, 2.75) is 6.18 Å². The Labute approximate surface area is 207 Å². The quantitative estimate of drug-likeness (QED) is 0.319. The van der Waals surface area contributed by atoms with Gasteiger partial charge in [-0.15, -0.1) is 0 Å². The molecule has 0 bridgehead atoms. The van der Waals surface area contributed by atoms with E-state index in [-0.39, 0.29) is 33.9 Å². The first kappa shape index (κ1) is 25.5. The van der Waals surface area contributed by atoms with Gasteiger partial charge in [-0.25, -0.2) is 4.39 Å². The number of para-hydroxylation sites is 1. The van der Waals surface area contributed by atoms with E-state index < -0.39 is 46.8 Å². The van der Waals surface area contributed by atoms with Crippen molar-refractivity contribution in [3.05, 3.63) is 82.5 Å². The third kappa shape index (κ3) is 5.35. The maximum absolute atomic E-state index is 14.0. The normalized spacial score (nSPS) is 11.3. The van der Waals surface area contributed by atoms with Gasteiger partial charge in [0.05, 0.1) is 30.9 Å². The molecular formula is C26H19F4NO6. The zero-order valence-corrected chi connectivity index (χ0v) is 19.4. The van der Waals surface area contributed by atoms with Crippen molar-refractivity contribution < 1.29 is 41.0 Å². The van der Waals surface area contributed by atoms with Gasteiger partial charge in [-0.3, -0.25) is 9.59 Å². The van der Waals surface area contributed by atoms with Crippen molar-refractivity contribution >= 4 is 22.6 Å². The Bertz CT molecular complexity index is 1530. The van der Waals surface area contributed by atoms with Crippen LogP contribution in [0.4, 0.5) is 23.2 Å². The molecule has 0 saturated heterocycles. The molecule has 0 saturated carbocycles. The molecule has 192 valence electrons. The molecule has 0 aliphatic heterocycles. The monoisotopic (exact) mass is 517 g/mol. The summed E-state index contributed by atoms with van der Waals surface area (Å²) < 4.78 is 76.3. The molecule has 1 heterocycles. The molecule has 11 heteroatoms. The van der Waals surface area contributed by atoms with Crippen molar-refractivity contribution in [3.8, 4) is 28.4 Å². The first-order chi connectivity index (χ1) is 17.6. The van der Waals surface area contributed by atoms with Crippen LogP contribution >= 0.6 is 0 Å². The molecule has 37 heavy (non-hydrogen) atoms. The Morgan fingerprint density at radius 1 is 0.973 bits per heavy atom. The molecule has 4 aromatic rings. The number of halogens is 4. The minimum absolute atomic E-state index is 0.0358. The number of alkyl halides is 3. The number of ether oxygens (including phenoxy) is 3. The molecule has 0 atom stereocenters. The fourth-order valence-corrected chi connectivity index (χ4v) is 3.61. The zero-order chi connectivity index (χ0) is 26.7. The summed E-state index contributed by atoms with van der Waals surface area (Å²) in [6, 6.07) is 13.0. The number of methoxy groups -OCH3 is 2. The van der Waals surface area contributed by atoms with Crippen LogP contribution in [0.3, 0.4) is 0 Å². The molecule has 0 aliphatic rings. The lowest BCUT2D eigenvalue weighted by Crippen LogP contribution is -2.20. The predicted molar refractivity (Wildman–Crippen MR) is 127 cm³/mol. The molecular weight excluding hydrogens is 498 g/mol. The van der Waals surface area contributed by atoms with E-state index >= 15 is 0 Å². The number of anilines is 1. The summed E-state index contributed by atoms with van der Waals surface area (Å²) in [5.74, 6) is -2.49. The first-order valence-electron chi connectivity index (χ1n) is 10.7. The summed E-state index contributed by atoms with van der Waals surface area (Å²) >= 11 is 0. The Morgan fingerprint density at radius 2 is 1.70 bits per heavy atom. The molecule has 1 amide bonds. The van der Waals surface area contributed by atoms with Crippen molar-refractivity contribution in [3.63, 3.8) is 0 Å². The molecule has 0 aliphatic carbocycles. The number of hydrogen-bond donors (Lipinski definition) is 1. The first-order valence-corrected chi connectivity index (χ1v) is 10.7. The van der Waals surface area contributed by atoms with Gasteiger partial charge in [-0.05, 0) is 42.0 Å². The minimum atomic E-state index is -5.01. The fraction of sp³-hybridized carbons (Fsp3) is 0.154. The summed E-state index contributed by atoms with van der Waals surface area (Å²) in [5.41, 5.74) is -2.15. The molecule has 1 aromatic heterocycles. The molecule has 0 fully saturated rings. The number of hydrogen-bond acceptors (Lipinski definition) is 6. The minimum Gasteiger partial charge on any atom is -0.493 e. The van der Waals surface area contributed by atoms with Crippen LogP contribution in [0.5, 0.6) is 17.2 Å². The second-order valence-corrected chi connectivity index (χ2v) is 7.68. The molecule has 3 aromatic carbocycles. The van der Waals surface area contributed by atoms with E-state index in [1.807, 2.05) is 0 Å². The molecule has 1 N–H and O–H groups in total. The highest BCUT2D eigenvalue weighted by Crippen LogP contribution is 2.40. The maximum atomic E-state index is 14.0. The molecule has 4 rings (SSSR count). The summed E-state index contributed by atoms with van der Waals surface area (Å²) in [5, 5.41) is 2.18. The van der Waals surface area contributed by atoms with E-state index in [1.54, 1.807) is 0 Å². The molecule has 0 radical (unpaired) electrons. The van der Waals surface area contributed by atoms with E-state index in [4.69, 9.17) is 18.6 Å². The second-order valence-electron chi connectivity index (χ2n) is 7.68. The number of benzene rings is 3. The lowest BCUT2D eigenvalue weighted by atomic mass is 10.0. The van der Waals surface area contributed by atoms with Crippen LogP contribution in [-0.2, 0) is 11.0 Å². The van der Waals surface area contributed by atoms with Crippen LogP contribution < -0.4 is 25.0 Å². The van der Waals surface area contributed by atoms with Crippen LogP contribution in [0, 0.1) is 5.82 Å². The number of amides is 1. The second kappa shape index (κ2) is 10.2. The number of fused-ring (bicyclic) bond motifs is 1. The Balaban J connectivity index is 1.69. The van der Waals surface area contributed by atoms with Crippen molar-refractivity contribution in [1.29, 1.82) is 0 Å². The van der Waals surface area contributed by atoms with Gasteiger partial charge >= 0.3 is 6.18 Å². The lowest BCUT2D eigenvalue weighted by Gasteiger charge is -2.15. The van der Waals surface area contributed by atoms with Gasteiger partial charge in [-0.2, -0.15) is 13.2 Å². The summed E-state index contributed by atoms with van der Waals surface area (Å²) in [4.78, 5) is 25.3. The van der Waals surface area contributed by atoms with Gasteiger partial charge in [-0.1, -0.05) is 18.2 Å². The van der Waals surface area contributed by atoms with Crippen molar-refractivity contribution in [2.75, 3.05) is 26.1 Å². The summed E-state index contributed by atoms with van der Waals surface area (Å²) in [6.45, 7) is -0.570. The van der Waals surface area contributed by atoms with E-state index in [9.17, 15) is 27.2 Å². The highest BCUT2D eigenvalue weighted by atomic mass is 19.4. The van der Waals surface area contributed by atoms with Gasteiger partial charge in [0.25, 0.3) is 5.91 Å². The number of nitrogens with one attached hydrogen (secondary N) is 1. The number of rotatable bonds is 7. The summed E-state index contributed by atoms with van der Waals surface area (Å²) in [7, 11) is 2.68. The van der Waals surface area contributed by atoms with Gasteiger partial charge in [0, 0.05) is 6.07 Å². The zero-order valence-electron chi connectivity index (χ0n) is 19.4. The summed E-state index contributed by atoms with van der Waals surface area (Å²) in [6.07, 6.45) is -5.01. The van der Waals surface area contributed by atoms with Gasteiger partial charge in [0.2, 0.25) is 11.2 Å². The van der Waals surface area contributed by atoms with Crippen LogP contribution in [0.2, 0.25) is 0 Å². The fourth-order valence-electron chi connectivity index (χ4n) is 3.61. The molecule has 7 nitrogen and oxygen atoms in total. The van der Waals surface area contributed by atoms with E-state index in [0.29, 0.717) is 0 Å². The standard InChI is InChI=1S/C26H19F4NO6/c1-34-19-10-7-14(11-21(19)35-2)23-24(33)16-9-8-15(12-20(16)37-25(23)26(28,29)30)36-13-22(32)31-18-6-4-3-5-17(18)27/h3-12H,13H2,1-2H3,(H,31,32). The van der Waals surface area contributed by atoms with E-state index in [1.165, 1.54) is 62.8 Å². The Morgan fingerprint density at radius 3 is 2.38 bits per heavy atom. The van der Waals surface area contributed by atoms with Gasteiger partial charge in [0.15, 0.2) is 18.1 Å². The van der Waals surface area contributed by atoms with Crippen LogP contribution in [0.1, 0.15) is 5.76 Å². The molecule has 0 unspecified atom stereocenters. The van der Waals surface area contributed by atoms with Crippen LogP contribution in [-0.4, -0.2) is 26.7 Å². The topological polar surface area (TPSA) is 87.0 Å². The SMILES string of the molecule is COc1ccc(-c2c(C(F)(F)F)oc3cc(OCC(=O)Nc4ccccc4F)ccc3c2=O)cc1OC. The van der Waals surface area contributed by atoms with Crippen LogP contribution in [0.25, 0.3) is 22.1 Å². The maximum Gasteiger partial charge on any atom is 0.450 e. The average molecular weight is 517 g/mol. The smallest absolute Gasteiger partial charge is 0.450 e. The van der Waals surface area contributed by atoms with Crippen molar-refractivity contribution in [2.24, 2.45) is 0 Å². The predicted octanol–water partition coefficient (Wildman–Crippen LogP) is 5.65. The van der Waals surface area contributed by atoms with Gasteiger partial charge < -0.3 is 23.9 Å². The van der Waals surface area contributed by atoms with E-state index in [2.05, 4.69) is 5.32 Å². The molecule has 0 spiro atoms. The Hall–Kier alpha value is -4.54. The lowest BCUT2D eigenvalue weighted by molar-refractivity contribution is -0.152. The van der Waals surface area contributed by atoms with Crippen LogP contribution in [0.15, 0.2) is 69.9 Å². The third-order valence-corrected chi connectivity index (χ3v) is 5.31. The highest BCUT2D eigenvalue weighted by Gasteiger charge is 2.39. The Kier molecular flexibility index (Phi) is 7.05. The van der Waals surface area contributed by atoms with Gasteiger partial charge in [0.1, 0.15) is 17.1 Å². The average Bonchev–Trinajstić information content (AvgIpc) is 2.87. The third-order valence-electron chi connectivity index (χ3n) is 5.31. The van der Waals surface area contributed by atoms with E-state index in [0.717, 1.165) is 12.1 Å². The highest BCUT2D eigenvalue weighted by molar-refractivity contribution is 5.92. The largest absolute Gasteiger partial charge is 0.493 e. The number of carbonyl (C=O) groups is 1.